The van der Waals surface area contributed by atoms with Crippen molar-refractivity contribution in [1.82, 2.24) is 29.7 Å². The number of benzene rings is 2. The molecule has 7 heterocycles. The van der Waals surface area contributed by atoms with E-state index < -0.39 is 41.1 Å². The molecular weight excluding hydrogens is 779 g/mol. The van der Waals surface area contributed by atoms with Crippen LogP contribution in [-0.2, 0) is 17.1 Å². The molecule has 0 unspecified atom stereocenters. The molecule has 6 fully saturated rings. The van der Waals surface area contributed by atoms with Gasteiger partial charge in [0.2, 0.25) is 0 Å². The number of anilines is 1. The lowest BCUT2D eigenvalue weighted by Gasteiger charge is -2.40. The highest BCUT2D eigenvalue weighted by Gasteiger charge is 2.60. The zero-order valence-corrected chi connectivity index (χ0v) is 32.7. The highest BCUT2D eigenvalue weighted by molar-refractivity contribution is 6.43. The highest BCUT2D eigenvalue weighted by Crippen LogP contribution is 2.55. The summed E-state index contributed by atoms with van der Waals surface area (Å²) in [5.41, 5.74) is 1.20. The van der Waals surface area contributed by atoms with E-state index in [1.165, 1.54) is 6.07 Å². The van der Waals surface area contributed by atoms with Crippen LogP contribution < -0.4 is 10.2 Å². The van der Waals surface area contributed by atoms with Gasteiger partial charge in [-0.05, 0) is 68.7 Å². The summed E-state index contributed by atoms with van der Waals surface area (Å²) < 4.78 is 64.5. The van der Waals surface area contributed by atoms with E-state index in [-0.39, 0.29) is 70.7 Å². The van der Waals surface area contributed by atoms with Gasteiger partial charge in [0.15, 0.2) is 11.5 Å². The molecule has 3 aromatic heterocycles. The third kappa shape index (κ3) is 5.64. The van der Waals surface area contributed by atoms with E-state index in [4.69, 9.17) is 28.2 Å². The lowest BCUT2D eigenvalue weighted by molar-refractivity contribution is -0.141. The van der Waals surface area contributed by atoms with Crippen LogP contribution in [0, 0.1) is 35.9 Å². The molecule has 57 heavy (non-hydrogen) atoms. The largest absolute Gasteiger partial charge is 0.354 e. The van der Waals surface area contributed by atoms with E-state index in [0.29, 0.717) is 47.5 Å². The van der Waals surface area contributed by atoms with Crippen LogP contribution in [0.2, 0.25) is 10.0 Å². The number of nitriles is 1. The Kier molecular flexibility index (Phi) is 8.39. The molecule has 11 rings (SSSR count). The third-order valence-corrected chi connectivity index (χ3v) is 13.9. The monoisotopic (exact) mass is 816 g/mol. The molecule has 1 N–H and O–H groups in total. The number of hydrogen-bond acceptors (Lipinski definition) is 7. The summed E-state index contributed by atoms with van der Waals surface area (Å²) in [5, 5.41) is 15.1. The fourth-order valence-corrected chi connectivity index (χ4v) is 10.6. The van der Waals surface area contributed by atoms with Crippen LogP contribution in [0.4, 0.5) is 23.4 Å². The average molecular weight is 818 g/mol. The molecule has 4 aliphatic heterocycles. The van der Waals surface area contributed by atoms with Gasteiger partial charge < -0.3 is 19.7 Å². The zero-order valence-electron chi connectivity index (χ0n) is 31.2. The summed E-state index contributed by atoms with van der Waals surface area (Å²) in [6.07, 6.45) is 3.36. The summed E-state index contributed by atoms with van der Waals surface area (Å²) in [5.74, 6) is -3.90. The number of aromatic nitrogens is 4. The molecule has 4 bridgehead atoms. The lowest BCUT2D eigenvalue weighted by atomic mass is 9.79. The van der Waals surface area contributed by atoms with Crippen molar-refractivity contribution in [3.63, 3.8) is 0 Å². The van der Waals surface area contributed by atoms with Crippen LogP contribution >= 0.6 is 23.2 Å². The maximum absolute atomic E-state index is 17.3. The Labute approximate surface area is 336 Å². The third-order valence-electron chi connectivity index (χ3n) is 13.1. The molecule has 6 atom stereocenters. The number of piperidine rings is 1. The van der Waals surface area contributed by atoms with Crippen molar-refractivity contribution in [3.05, 3.63) is 81.2 Å². The molecule has 4 saturated heterocycles. The predicted octanol–water partition coefficient (Wildman–Crippen LogP) is 8.78. The SMILES string of the molecule is Cc1nc2c(F)c(-c3cccc(Cl)c3Cl)c(CCC#N)cc2c2c1cc([C@H]1[C@H]3C[C@H](CN(c4cc(C(C)(F)F)ncn4)C3)N1C(=O)C1(F)CC1)n2[C@H]1[C@H]2CN[C@@H]1C2. The minimum absolute atomic E-state index is 0.0276. The van der Waals surface area contributed by atoms with Crippen molar-refractivity contribution in [1.29, 1.82) is 5.26 Å². The van der Waals surface area contributed by atoms with E-state index in [9.17, 15) is 18.8 Å². The number of amides is 1. The van der Waals surface area contributed by atoms with Crippen LogP contribution in [0.3, 0.4) is 0 Å². The summed E-state index contributed by atoms with van der Waals surface area (Å²) in [6, 6.07) is 11.6. The maximum Gasteiger partial charge on any atom is 0.287 e. The molecule has 2 aromatic carbocycles. The highest BCUT2D eigenvalue weighted by atomic mass is 35.5. The number of pyridine rings is 1. The number of nitrogens with zero attached hydrogens (tertiary/aromatic N) is 7. The maximum atomic E-state index is 17.3. The molecule has 2 aliphatic carbocycles. The normalized spacial score (nSPS) is 25.9. The fraction of sp³-hybridized carbons (Fsp3) is 0.452. The van der Waals surface area contributed by atoms with Crippen LogP contribution in [-0.4, -0.2) is 67.7 Å². The number of hydrogen-bond donors (Lipinski definition) is 1. The van der Waals surface area contributed by atoms with Gasteiger partial charge >= 0.3 is 0 Å². The standard InChI is InChI=1S/C42H38Cl2F4N8O/c1-20-26-14-30(38-23-11-24(55(38)40(57)42(48)8-9-42)18-54(17-23)32-15-31(41(2,46)47)51-19-52-32)56(37-22-13-29(37)50-16-22)39(26)27-12-21(5-4-10-49)33(35(45)36(27)53-20)25-6-3-7-28(43)34(25)44/h3,6-7,12,14-15,19,22-24,29,37-38,50H,4-5,8-9,11,13,16-18H2,1-2H3/t22-,23+,24-,29-,37+,38-/m1/s1. The van der Waals surface area contributed by atoms with Gasteiger partial charge in [-0.3, -0.25) is 4.79 Å². The molecule has 294 valence electrons. The molecule has 1 amide bonds. The summed E-state index contributed by atoms with van der Waals surface area (Å²) in [4.78, 5) is 31.1. The van der Waals surface area contributed by atoms with Crippen molar-refractivity contribution >= 4 is 56.7 Å². The van der Waals surface area contributed by atoms with Crippen molar-refractivity contribution in [2.75, 3.05) is 24.5 Å². The van der Waals surface area contributed by atoms with E-state index in [2.05, 4.69) is 32.0 Å². The molecule has 0 spiro atoms. The van der Waals surface area contributed by atoms with Gasteiger partial charge in [-0.25, -0.2) is 23.7 Å². The van der Waals surface area contributed by atoms with Crippen LogP contribution in [0.5, 0.6) is 0 Å². The lowest BCUT2D eigenvalue weighted by Crippen LogP contribution is -2.48. The van der Waals surface area contributed by atoms with E-state index in [1.807, 2.05) is 17.9 Å². The number of carbonyl (C=O) groups excluding carboxylic acids is 1. The molecule has 0 radical (unpaired) electrons. The number of likely N-dealkylation sites (tertiary alicyclic amines) is 1. The topological polar surface area (TPSA) is 103 Å². The first-order valence-corrected chi connectivity index (χ1v) is 20.2. The summed E-state index contributed by atoms with van der Waals surface area (Å²) in [6.45, 7) is 4.12. The molecular formula is C42H38Cl2F4N8O. The number of rotatable bonds is 8. The number of alkyl halides is 3. The summed E-state index contributed by atoms with van der Waals surface area (Å²) in [7, 11) is 0. The van der Waals surface area contributed by atoms with E-state index in [0.717, 1.165) is 42.8 Å². The molecule has 5 aromatic rings. The van der Waals surface area contributed by atoms with Gasteiger partial charge in [-0.2, -0.15) is 14.0 Å². The van der Waals surface area contributed by atoms with E-state index >= 15 is 8.78 Å². The number of fused-ring (bicyclic) bond motifs is 6. The quantitative estimate of drug-likeness (QED) is 0.156. The Hall–Kier alpha value is -4.51. The Morgan fingerprint density at radius 3 is 2.61 bits per heavy atom. The van der Waals surface area contributed by atoms with Crippen LogP contribution in [0.15, 0.2) is 42.7 Å². The van der Waals surface area contributed by atoms with Crippen molar-refractivity contribution < 1.29 is 22.4 Å². The first-order valence-electron chi connectivity index (χ1n) is 19.5. The minimum Gasteiger partial charge on any atom is -0.354 e. The second-order valence-electron chi connectivity index (χ2n) is 16.6. The number of halogens is 6. The first-order chi connectivity index (χ1) is 27.3. The zero-order chi connectivity index (χ0) is 39.7. The smallest absolute Gasteiger partial charge is 0.287 e. The van der Waals surface area contributed by atoms with E-state index in [1.54, 1.807) is 23.1 Å². The number of aryl methyl sites for hydroxylation is 2. The second kappa shape index (κ2) is 13.0. The van der Waals surface area contributed by atoms with Gasteiger partial charge in [0.1, 0.15) is 23.4 Å². The van der Waals surface area contributed by atoms with Crippen molar-refractivity contribution in [2.24, 2.45) is 11.8 Å². The van der Waals surface area contributed by atoms with Crippen LogP contribution in [0.1, 0.15) is 73.8 Å². The Balaban J connectivity index is 1.20. The first kappa shape index (κ1) is 36.8. The molecule has 2 saturated carbocycles. The Morgan fingerprint density at radius 1 is 1.11 bits per heavy atom. The van der Waals surface area contributed by atoms with Gasteiger partial charge in [-0.1, -0.05) is 35.3 Å². The van der Waals surface area contributed by atoms with Gasteiger partial charge in [0.25, 0.3) is 11.8 Å². The predicted molar refractivity (Wildman–Crippen MR) is 209 cm³/mol. The average Bonchev–Trinajstić information content (AvgIpc) is 3.53. The minimum atomic E-state index is -3.18. The van der Waals surface area contributed by atoms with Gasteiger partial charge in [-0.15, -0.1) is 0 Å². The van der Waals surface area contributed by atoms with Gasteiger partial charge in [0.05, 0.1) is 39.8 Å². The van der Waals surface area contributed by atoms with Crippen molar-refractivity contribution in [3.8, 4) is 17.2 Å². The Bertz CT molecular complexity index is 2550. The molecule has 9 nitrogen and oxygen atoms in total. The number of carbonyl (C=O) groups is 1. The van der Waals surface area contributed by atoms with Crippen LogP contribution in [0.25, 0.3) is 32.9 Å². The Morgan fingerprint density at radius 2 is 1.91 bits per heavy atom. The molecule has 15 heteroatoms. The molecule has 6 aliphatic rings. The summed E-state index contributed by atoms with van der Waals surface area (Å²) >= 11 is 13.1. The fourth-order valence-electron chi connectivity index (χ4n) is 10.2. The number of nitrogens with one attached hydrogen (secondary N) is 1. The van der Waals surface area contributed by atoms with Crippen molar-refractivity contribution in [2.45, 2.75) is 88.1 Å². The van der Waals surface area contributed by atoms with Gasteiger partial charge in [0, 0.05) is 84.3 Å². The second-order valence-corrected chi connectivity index (χ2v) is 17.4.